The Morgan fingerprint density at radius 1 is 1.35 bits per heavy atom. The Kier molecular flexibility index (Phi) is 6.05. The summed E-state index contributed by atoms with van der Waals surface area (Å²) < 4.78 is 0. The second kappa shape index (κ2) is 7.33. The molecule has 3 nitrogen and oxygen atoms in total. The SMILES string of the molecule is CN(C)c1cccc(NC(=O)CCCCBr)c1. The third-order valence-corrected chi connectivity index (χ3v) is 2.99. The molecule has 0 saturated carbocycles. The number of hydrogen-bond acceptors (Lipinski definition) is 2. The van der Waals surface area contributed by atoms with Crippen molar-refractivity contribution in [1.29, 1.82) is 0 Å². The molecule has 0 spiro atoms. The molecule has 1 N–H and O–H groups in total. The van der Waals surface area contributed by atoms with Crippen LogP contribution in [0.2, 0.25) is 0 Å². The van der Waals surface area contributed by atoms with Gasteiger partial charge in [-0.05, 0) is 31.0 Å². The van der Waals surface area contributed by atoms with E-state index in [0.717, 1.165) is 29.5 Å². The smallest absolute Gasteiger partial charge is 0.224 e. The van der Waals surface area contributed by atoms with Gasteiger partial charge in [-0.15, -0.1) is 0 Å². The van der Waals surface area contributed by atoms with Crippen LogP contribution in [0.3, 0.4) is 0 Å². The highest BCUT2D eigenvalue weighted by molar-refractivity contribution is 9.09. The molecule has 1 aromatic carbocycles. The normalized spacial score (nSPS) is 10.1. The maximum Gasteiger partial charge on any atom is 0.224 e. The third-order valence-electron chi connectivity index (χ3n) is 2.43. The largest absolute Gasteiger partial charge is 0.378 e. The van der Waals surface area contributed by atoms with Crippen molar-refractivity contribution in [2.45, 2.75) is 19.3 Å². The zero-order valence-corrected chi connectivity index (χ0v) is 12.0. The first-order valence-electron chi connectivity index (χ1n) is 5.76. The molecule has 0 aliphatic heterocycles. The Morgan fingerprint density at radius 3 is 2.76 bits per heavy atom. The van der Waals surface area contributed by atoms with Gasteiger partial charge in [-0.3, -0.25) is 4.79 Å². The zero-order chi connectivity index (χ0) is 12.7. The number of rotatable bonds is 6. The summed E-state index contributed by atoms with van der Waals surface area (Å²) in [5.74, 6) is 0.0851. The summed E-state index contributed by atoms with van der Waals surface area (Å²) in [4.78, 5) is 13.6. The summed E-state index contributed by atoms with van der Waals surface area (Å²) in [5, 5.41) is 3.87. The number of nitrogens with one attached hydrogen (secondary N) is 1. The zero-order valence-electron chi connectivity index (χ0n) is 10.4. The number of carbonyl (C=O) groups excluding carboxylic acids is 1. The molecule has 0 aliphatic carbocycles. The highest BCUT2D eigenvalue weighted by Gasteiger charge is 2.03. The van der Waals surface area contributed by atoms with Crippen LogP contribution >= 0.6 is 15.9 Å². The third kappa shape index (κ3) is 5.22. The topological polar surface area (TPSA) is 32.3 Å². The second-order valence-corrected chi connectivity index (χ2v) is 4.93. The van der Waals surface area contributed by atoms with Gasteiger partial charge in [0.25, 0.3) is 0 Å². The molecule has 0 aliphatic rings. The molecule has 94 valence electrons. The Balaban J connectivity index is 2.50. The summed E-state index contributed by atoms with van der Waals surface area (Å²) in [7, 11) is 3.97. The number of halogens is 1. The molecule has 0 saturated heterocycles. The Morgan fingerprint density at radius 2 is 2.12 bits per heavy atom. The van der Waals surface area contributed by atoms with Crippen molar-refractivity contribution in [3.05, 3.63) is 24.3 Å². The first kappa shape index (κ1) is 14.0. The van der Waals surface area contributed by atoms with Crippen molar-refractivity contribution < 1.29 is 4.79 Å². The van der Waals surface area contributed by atoms with Crippen LogP contribution in [0, 0.1) is 0 Å². The molecule has 0 aromatic heterocycles. The monoisotopic (exact) mass is 298 g/mol. The molecule has 0 bridgehead atoms. The fraction of sp³-hybridized carbons (Fsp3) is 0.462. The van der Waals surface area contributed by atoms with Crippen LogP contribution in [-0.2, 0) is 4.79 Å². The number of hydrogen-bond donors (Lipinski definition) is 1. The number of alkyl halides is 1. The van der Waals surface area contributed by atoms with Gasteiger partial charge in [-0.1, -0.05) is 22.0 Å². The molecule has 4 heteroatoms. The minimum absolute atomic E-state index is 0.0851. The standard InChI is InChI=1S/C13H19BrN2O/c1-16(2)12-7-5-6-11(10-12)15-13(17)8-3-4-9-14/h5-7,10H,3-4,8-9H2,1-2H3,(H,15,17). The number of nitrogens with zero attached hydrogens (tertiary/aromatic N) is 1. The van der Waals surface area contributed by atoms with Gasteiger partial charge in [0.05, 0.1) is 0 Å². The van der Waals surface area contributed by atoms with Crippen molar-refractivity contribution in [3.8, 4) is 0 Å². The van der Waals surface area contributed by atoms with Gasteiger partial charge >= 0.3 is 0 Å². The second-order valence-electron chi connectivity index (χ2n) is 4.14. The Labute approximate surface area is 111 Å². The summed E-state index contributed by atoms with van der Waals surface area (Å²) in [5.41, 5.74) is 1.95. The van der Waals surface area contributed by atoms with Crippen LogP contribution in [0.4, 0.5) is 11.4 Å². The number of benzene rings is 1. The van der Waals surface area contributed by atoms with Crippen LogP contribution in [0.1, 0.15) is 19.3 Å². The molecule has 1 rings (SSSR count). The molecule has 1 aromatic rings. The average molecular weight is 299 g/mol. The van der Waals surface area contributed by atoms with Crippen LogP contribution in [0.25, 0.3) is 0 Å². The highest BCUT2D eigenvalue weighted by Crippen LogP contribution is 2.17. The van der Waals surface area contributed by atoms with E-state index in [2.05, 4.69) is 21.2 Å². The van der Waals surface area contributed by atoms with Crippen molar-refractivity contribution in [2.24, 2.45) is 0 Å². The summed E-state index contributed by atoms with van der Waals surface area (Å²) >= 11 is 3.35. The van der Waals surface area contributed by atoms with Gasteiger partial charge in [-0.25, -0.2) is 0 Å². The van der Waals surface area contributed by atoms with E-state index in [0.29, 0.717) is 6.42 Å². The average Bonchev–Trinajstić information content (AvgIpc) is 2.29. The quantitative estimate of drug-likeness (QED) is 0.646. The van der Waals surface area contributed by atoms with Crippen LogP contribution in [-0.4, -0.2) is 25.3 Å². The van der Waals surface area contributed by atoms with Gasteiger partial charge < -0.3 is 10.2 Å². The van der Waals surface area contributed by atoms with E-state index in [9.17, 15) is 4.79 Å². The van der Waals surface area contributed by atoms with E-state index in [-0.39, 0.29) is 5.91 Å². The van der Waals surface area contributed by atoms with Gasteiger partial charge in [0.2, 0.25) is 5.91 Å². The Bertz CT molecular complexity index is 366. The molecule has 1 amide bonds. The van der Waals surface area contributed by atoms with Crippen LogP contribution in [0.15, 0.2) is 24.3 Å². The lowest BCUT2D eigenvalue weighted by atomic mass is 10.2. The van der Waals surface area contributed by atoms with Gasteiger partial charge in [0.15, 0.2) is 0 Å². The van der Waals surface area contributed by atoms with Crippen molar-refractivity contribution >= 4 is 33.2 Å². The highest BCUT2D eigenvalue weighted by atomic mass is 79.9. The first-order chi connectivity index (χ1) is 8.13. The minimum atomic E-state index is 0.0851. The predicted octanol–water partition coefficient (Wildman–Crippen LogP) is 3.26. The fourth-order valence-electron chi connectivity index (χ4n) is 1.47. The maximum absolute atomic E-state index is 11.6. The molecular formula is C13H19BrN2O. The minimum Gasteiger partial charge on any atom is -0.378 e. The molecule has 0 heterocycles. The van der Waals surface area contributed by atoms with Crippen LogP contribution < -0.4 is 10.2 Å². The number of carbonyl (C=O) groups is 1. The van der Waals surface area contributed by atoms with Gasteiger partial charge in [0.1, 0.15) is 0 Å². The molecule has 0 atom stereocenters. The number of anilines is 2. The summed E-state index contributed by atoms with van der Waals surface area (Å²) in [6, 6.07) is 7.85. The first-order valence-corrected chi connectivity index (χ1v) is 6.89. The molecular weight excluding hydrogens is 280 g/mol. The summed E-state index contributed by atoms with van der Waals surface area (Å²) in [6.07, 6.45) is 2.54. The molecule has 0 unspecified atom stereocenters. The lowest BCUT2D eigenvalue weighted by molar-refractivity contribution is -0.116. The summed E-state index contributed by atoms with van der Waals surface area (Å²) in [6.45, 7) is 0. The van der Waals surface area contributed by atoms with E-state index in [1.165, 1.54) is 0 Å². The van der Waals surface area contributed by atoms with Crippen molar-refractivity contribution in [1.82, 2.24) is 0 Å². The van der Waals surface area contributed by atoms with Gasteiger partial charge in [-0.2, -0.15) is 0 Å². The lowest BCUT2D eigenvalue weighted by Crippen LogP contribution is -2.13. The lowest BCUT2D eigenvalue weighted by Gasteiger charge is -2.14. The maximum atomic E-state index is 11.6. The molecule has 0 fully saturated rings. The van der Waals surface area contributed by atoms with E-state index in [4.69, 9.17) is 0 Å². The Hall–Kier alpha value is -1.03. The fourth-order valence-corrected chi connectivity index (χ4v) is 1.86. The molecule has 17 heavy (non-hydrogen) atoms. The van der Waals surface area contributed by atoms with Crippen LogP contribution in [0.5, 0.6) is 0 Å². The van der Waals surface area contributed by atoms with E-state index >= 15 is 0 Å². The van der Waals surface area contributed by atoms with Crippen molar-refractivity contribution in [2.75, 3.05) is 29.6 Å². The predicted molar refractivity (Wildman–Crippen MR) is 77.0 cm³/mol. The van der Waals surface area contributed by atoms with Crippen molar-refractivity contribution in [3.63, 3.8) is 0 Å². The molecule has 0 radical (unpaired) electrons. The van der Waals surface area contributed by atoms with E-state index in [1.54, 1.807) is 0 Å². The number of amides is 1. The van der Waals surface area contributed by atoms with E-state index < -0.39 is 0 Å². The van der Waals surface area contributed by atoms with E-state index in [1.807, 2.05) is 43.3 Å². The number of unbranched alkanes of at least 4 members (excludes halogenated alkanes) is 1. The van der Waals surface area contributed by atoms with Gasteiger partial charge in [0, 0.05) is 37.2 Å².